The van der Waals surface area contributed by atoms with E-state index in [4.69, 9.17) is 9.26 Å². The number of nitrogens with one attached hydrogen (secondary N) is 1. The van der Waals surface area contributed by atoms with Gasteiger partial charge in [0.15, 0.2) is 5.69 Å². The third-order valence-corrected chi connectivity index (χ3v) is 5.18. The van der Waals surface area contributed by atoms with Crippen LogP contribution in [0, 0.1) is 20.8 Å². The quantitative estimate of drug-likeness (QED) is 0.891. The van der Waals surface area contributed by atoms with Crippen LogP contribution in [0.2, 0.25) is 0 Å². The summed E-state index contributed by atoms with van der Waals surface area (Å²) in [5, 5.41) is 7.06. The lowest BCUT2D eigenvalue weighted by Crippen LogP contribution is -2.43. The molecule has 0 saturated carbocycles. The van der Waals surface area contributed by atoms with Gasteiger partial charge in [-0.25, -0.2) is 0 Å². The van der Waals surface area contributed by atoms with Gasteiger partial charge >= 0.3 is 0 Å². The van der Waals surface area contributed by atoms with Crippen molar-refractivity contribution < 1.29 is 14.1 Å². The molecular formula is C20H27N3O3. The van der Waals surface area contributed by atoms with Crippen molar-refractivity contribution in [1.82, 2.24) is 15.4 Å². The van der Waals surface area contributed by atoms with Crippen molar-refractivity contribution in [3.05, 3.63) is 46.3 Å². The molecule has 1 saturated heterocycles. The van der Waals surface area contributed by atoms with Crippen molar-refractivity contribution in [1.29, 1.82) is 0 Å². The molecule has 2 heterocycles. The standard InChI is InChI=1S/C20H27N3O3/c1-13-6-5-7-18(14(13)2)25-12-17-15(3)26-22-19(17)20(24)21-16-8-10-23(4)11-9-16/h5-7,16H,8-12H2,1-4H3,(H,21,24). The minimum atomic E-state index is -0.184. The summed E-state index contributed by atoms with van der Waals surface area (Å²) in [4.78, 5) is 14.9. The molecule has 140 valence electrons. The topological polar surface area (TPSA) is 67.6 Å². The van der Waals surface area contributed by atoms with E-state index in [9.17, 15) is 4.79 Å². The first-order valence-corrected chi connectivity index (χ1v) is 9.09. The Balaban J connectivity index is 1.68. The van der Waals surface area contributed by atoms with E-state index in [2.05, 4.69) is 22.4 Å². The molecule has 0 atom stereocenters. The van der Waals surface area contributed by atoms with Gasteiger partial charge in [-0.3, -0.25) is 4.79 Å². The molecule has 1 aliphatic heterocycles. The van der Waals surface area contributed by atoms with Gasteiger partial charge in [0.25, 0.3) is 5.91 Å². The Morgan fingerprint density at radius 3 is 2.77 bits per heavy atom. The maximum absolute atomic E-state index is 12.7. The lowest BCUT2D eigenvalue weighted by Gasteiger charge is -2.29. The second-order valence-electron chi connectivity index (χ2n) is 7.10. The van der Waals surface area contributed by atoms with Crippen molar-refractivity contribution in [3.63, 3.8) is 0 Å². The highest BCUT2D eigenvalue weighted by molar-refractivity contribution is 5.94. The molecule has 0 spiro atoms. The zero-order chi connectivity index (χ0) is 18.7. The minimum absolute atomic E-state index is 0.184. The number of carbonyl (C=O) groups excluding carboxylic acids is 1. The van der Waals surface area contributed by atoms with Crippen LogP contribution in [-0.4, -0.2) is 42.1 Å². The summed E-state index contributed by atoms with van der Waals surface area (Å²) in [7, 11) is 2.10. The fourth-order valence-electron chi connectivity index (χ4n) is 3.18. The van der Waals surface area contributed by atoms with E-state index in [-0.39, 0.29) is 18.6 Å². The van der Waals surface area contributed by atoms with E-state index in [1.807, 2.05) is 32.0 Å². The van der Waals surface area contributed by atoms with Crippen LogP contribution >= 0.6 is 0 Å². The van der Waals surface area contributed by atoms with Crippen LogP contribution in [0.5, 0.6) is 5.75 Å². The first-order valence-electron chi connectivity index (χ1n) is 9.09. The summed E-state index contributed by atoms with van der Waals surface area (Å²) in [5.74, 6) is 1.24. The maximum Gasteiger partial charge on any atom is 0.274 e. The van der Waals surface area contributed by atoms with Crippen LogP contribution in [0.15, 0.2) is 22.7 Å². The van der Waals surface area contributed by atoms with Crippen LogP contribution in [0.3, 0.4) is 0 Å². The van der Waals surface area contributed by atoms with Gasteiger partial charge in [-0.15, -0.1) is 0 Å². The summed E-state index contributed by atoms with van der Waals surface area (Å²) < 4.78 is 11.2. The highest BCUT2D eigenvalue weighted by Crippen LogP contribution is 2.23. The summed E-state index contributed by atoms with van der Waals surface area (Å²) >= 11 is 0. The van der Waals surface area contributed by atoms with Crippen LogP contribution in [0.1, 0.15) is 45.8 Å². The molecule has 1 aromatic heterocycles. The SMILES string of the molecule is Cc1cccc(OCc2c(C(=O)NC3CCN(C)CC3)noc2C)c1C. The number of hydrogen-bond acceptors (Lipinski definition) is 5. The molecule has 0 unspecified atom stereocenters. The van der Waals surface area contributed by atoms with Crippen LogP contribution in [-0.2, 0) is 6.61 Å². The van der Waals surface area contributed by atoms with Gasteiger partial charge in [0.05, 0.1) is 5.56 Å². The third kappa shape index (κ3) is 4.07. The fourth-order valence-corrected chi connectivity index (χ4v) is 3.18. The smallest absolute Gasteiger partial charge is 0.274 e. The van der Waals surface area contributed by atoms with E-state index in [1.165, 1.54) is 5.56 Å². The molecule has 3 rings (SSSR count). The van der Waals surface area contributed by atoms with Crippen LogP contribution in [0.25, 0.3) is 0 Å². The number of rotatable bonds is 5. The number of carbonyl (C=O) groups is 1. The van der Waals surface area contributed by atoms with E-state index in [1.54, 1.807) is 6.92 Å². The normalized spacial score (nSPS) is 15.8. The molecule has 26 heavy (non-hydrogen) atoms. The van der Waals surface area contributed by atoms with Crippen molar-refractivity contribution in [2.45, 2.75) is 46.3 Å². The third-order valence-electron chi connectivity index (χ3n) is 5.18. The predicted molar refractivity (Wildman–Crippen MR) is 99.5 cm³/mol. The van der Waals surface area contributed by atoms with Gasteiger partial charge in [-0.2, -0.15) is 0 Å². The number of amides is 1. The number of ether oxygens (including phenoxy) is 1. The Hall–Kier alpha value is -2.34. The minimum Gasteiger partial charge on any atom is -0.488 e. The molecule has 2 aromatic rings. The van der Waals surface area contributed by atoms with Crippen LogP contribution < -0.4 is 10.1 Å². The maximum atomic E-state index is 12.7. The molecule has 6 nitrogen and oxygen atoms in total. The van der Waals surface area contributed by atoms with Gasteiger partial charge in [0.2, 0.25) is 0 Å². The summed E-state index contributed by atoms with van der Waals surface area (Å²) in [6.07, 6.45) is 1.90. The van der Waals surface area contributed by atoms with Gasteiger partial charge in [-0.1, -0.05) is 17.3 Å². The van der Waals surface area contributed by atoms with E-state index < -0.39 is 0 Å². The first-order chi connectivity index (χ1) is 12.5. The predicted octanol–water partition coefficient (Wildman–Crippen LogP) is 3.00. The molecule has 0 aliphatic carbocycles. The molecule has 0 radical (unpaired) electrons. The lowest BCUT2D eigenvalue weighted by atomic mass is 10.1. The lowest BCUT2D eigenvalue weighted by molar-refractivity contribution is 0.0905. The molecular weight excluding hydrogens is 330 g/mol. The largest absolute Gasteiger partial charge is 0.488 e. The number of aryl methyl sites for hydroxylation is 2. The van der Waals surface area contributed by atoms with E-state index >= 15 is 0 Å². The van der Waals surface area contributed by atoms with Crippen molar-refractivity contribution in [3.8, 4) is 5.75 Å². The molecule has 1 amide bonds. The number of nitrogens with zero attached hydrogens (tertiary/aromatic N) is 2. The number of likely N-dealkylation sites (tertiary alicyclic amines) is 1. The fraction of sp³-hybridized carbons (Fsp3) is 0.500. The number of piperidine rings is 1. The van der Waals surface area contributed by atoms with Gasteiger partial charge in [0, 0.05) is 6.04 Å². The van der Waals surface area contributed by atoms with Gasteiger partial charge in [-0.05, 0) is 70.9 Å². The average Bonchev–Trinajstić information content (AvgIpc) is 2.99. The highest BCUT2D eigenvalue weighted by Gasteiger charge is 2.24. The van der Waals surface area contributed by atoms with Crippen molar-refractivity contribution >= 4 is 5.91 Å². The highest BCUT2D eigenvalue weighted by atomic mass is 16.5. The van der Waals surface area contributed by atoms with Crippen molar-refractivity contribution in [2.75, 3.05) is 20.1 Å². The van der Waals surface area contributed by atoms with Gasteiger partial charge in [0.1, 0.15) is 18.1 Å². The Kier molecular flexibility index (Phi) is 5.61. The second-order valence-corrected chi connectivity index (χ2v) is 7.10. The molecule has 1 N–H and O–H groups in total. The van der Waals surface area contributed by atoms with E-state index in [0.717, 1.165) is 37.2 Å². The monoisotopic (exact) mass is 357 g/mol. The molecule has 6 heteroatoms. The van der Waals surface area contributed by atoms with Gasteiger partial charge < -0.3 is 19.5 Å². The second kappa shape index (κ2) is 7.91. The summed E-state index contributed by atoms with van der Waals surface area (Å²) in [6.45, 7) is 8.12. The average molecular weight is 357 g/mol. The molecule has 1 fully saturated rings. The number of hydrogen-bond donors (Lipinski definition) is 1. The zero-order valence-corrected chi connectivity index (χ0v) is 16.0. The number of benzene rings is 1. The Morgan fingerprint density at radius 2 is 2.04 bits per heavy atom. The summed E-state index contributed by atoms with van der Waals surface area (Å²) in [5.41, 5.74) is 3.30. The first kappa shape index (κ1) is 18.5. The van der Waals surface area contributed by atoms with Crippen LogP contribution in [0.4, 0.5) is 0 Å². The molecule has 1 aliphatic rings. The Morgan fingerprint density at radius 1 is 1.31 bits per heavy atom. The summed E-state index contributed by atoms with van der Waals surface area (Å²) in [6, 6.07) is 6.13. The Bertz CT molecular complexity index is 777. The Labute approximate surface area is 154 Å². The van der Waals surface area contributed by atoms with E-state index in [0.29, 0.717) is 17.0 Å². The number of aromatic nitrogens is 1. The van der Waals surface area contributed by atoms with Crippen molar-refractivity contribution in [2.24, 2.45) is 0 Å². The molecule has 1 aromatic carbocycles. The molecule has 0 bridgehead atoms. The zero-order valence-electron chi connectivity index (χ0n) is 16.0.